The Balaban J connectivity index is 1.55. The Morgan fingerprint density at radius 2 is 2.04 bits per heavy atom. The summed E-state index contributed by atoms with van der Waals surface area (Å²) in [5.41, 5.74) is 1.60. The highest BCUT2D eigenvalue weighted by atomic mass is 16.5. The van der Waals surface area contributed by atoms with Crippen LogP contribution in [-0.2, 0) is 6.54 Å². The zero-order chi connectivity index (χ0) is 17.2. The van der Waals surface area contributed by atoms with Crippen LogP contribution in [-0.4, -0.2) is 51.7 Å². The third-order valence-corrected chi connectivity index (χ3v) is 5.22. The number of aromatic nitrogens is 3. The number of amides is 1. The van der Waals surface area contributed by atoms with Gasteiger partial charge in [0.2, 0.25) is 11.7 Å². The molecule has 0 aromatic carbocycles. The maximum atomic E-state index is 12.7. The predicted octanol–water partition coefficient (Wildman–Crippen LogP) is 2.26. The molecule has 0 spiro atoms. The molecule has 1 amide bonds. The van der Waals surface area contributed by atoms with Gasteiger partial charge < -0.3 is 19.3 Å². The quantitative estimate of drug-likeness (QED) is 0.901. The zero-order valence-corrected chi connectivity index (χ0v) is 14.7. The van der Waals surface area contributed by atoms with Crippen molar-refractivity contribution in [2.75, 3.05) is 26.2 Å². The van der Waals surface area contributed by atoms with E-state index in [4.69, 9.17) is 4.52 Å². The fourth-order valence-corrected chi connectivity index (χ4v) is 3.71. The second-order valence-corrected chi connectivity index (χ2v) is 6.88. The van der Waals surface area contributed by atoms with Gasteiger partial charge in [0, 0.05) is 25.6 Å². The van der Waals surface area contributed by atoms with Crippen molar-refractivity contribution in [1.82, 2.24) is 24.9 Å². The van der Waals surface area contributed by atoms with Gasteiger partial charge in [-0.1, -0.05) is 18.5 Å². The minimum Gasteiger partial charge on any atom is -0.339 e. The van der Waals surface area contributed by atoms with E-state index < -0.39 is 0 Å². The molecule has 2 aromatic rings. The van der Waals surface area contributed by atoms with Crippen molar-refractivity contribution >= 4 is 5.91 Å². The standard InChI is InChI=1S/C18H25N5O2/c1-2-3-10-22-11-12-23-14(4-5-15(23)18(22)24)16-20-17(25-21-16)13-6-8-19-9-7-13/h4-5,13,19H,2-3,6-12H2,1H3. The highest BCUT2D eigenvalue weighted by molar-refractivity contribution is 5.94. The summed E-state index contributed by atoms with van der Waals surface area (Å²) in [5, 5.41) is 7.53. The molecular weight excluding hydrogens is 318 g/mol. The molecule has 0 saturated carbocycles. The van der Waals surface area contributed by atoms with E-state index in [1.54, 1.807) is 0 Å². The molecule has 1 N–H and O–H groups in total. The van der Waals surface area contributed by atoms with Gasteiger partial charge in [-0.3, -0.25) is 4.79 Å². The molecule has 0 unspecified atom stereocenters. The van der Waals surface area contributed by atoms with E-state index in [0.29, 0.717) is 11.7 Å². The molecule has 2 aliphatic rings. The third kappa shape index (κ3) is 3.08. The lowest BCUT2D eigenvalue weighted by atomic mass is 9.98. The molecule has 7 heteroatoms. The van der Waals surface area contributed by atoms with Gasteiger partial charge in [-0.2, -0.15) is 4.98 Å². The van der Waals surface area contributed by atoms with Crippen molar-refractivity contribution < 1.29 is 9.32 Å². The van der Waals surface area contributed by atoms with Crippen LogP contribution >= 0.6 is 0 Å². The van der Waals surface area contributed by atoms with Gasteiger partial charge in [-0.15, -0.1) is 0 Å². The van der Waals surface area contributed by atoms with Crippen LogP contribution in [0.15, 0.2) is 16.7 Å². The Morgan fingerprint density at radius 1 is 1.24 bits per heavy atom. The lowest BCUT2D eigenvalue weighted by Gasteiger charge is -2.29. The lowest BCUT2D eigenvalue weighted by Crippen LogP contribution is -2.40. The van der Waals surface area contributed by atoms with Crippen molar-refractivity contribution in [3.8, 4) is 11.5 Å². The van der Waals surface area contributed by atoms with E-state index in [-0.39, 0.29) is 5.91 Å². The fraction of sp³-hybridized carbons (Fsp3) is 0.611. The molecule has 0 atom stereocenters. The van der Waals surface area contributed by atoms with Crippen LogP contribution < -0.4 is 5.32 Å². The highest BCUT2D eigenvalue weighted by Crippen LogP contribution is 2.28. The van der Waals surface area contributed by atoms with E-state index in [0.717, 1.165) is 75.7 Å². The molecule has 4 rings (SSSR count). The fourth-order valence-electron chi connectivity index (χ4n) is 3.71. The average Bonchev–Trinajstić information content (AvgIpc) is 3.29. The molecular formula is C18H25N5O2. The Kier molecular flexibility index (Phi) is 4.57. The molecule has 2 aliphatic heterocycles. The number of nitrogens with one attached hydrogen (secondary N) is 1. The van der Waals surface area contributed by atoms with Gasteiger partial charge in [0.25, 0.3) is 5.91 Å². The Morgan fingerprint density at radius 3 is 2.84 bits per heavy atom. The Hall–Kier alpha value is -2.15. The largest absolute Gasteiger partial charge is 0.339 e. The summed E-state index contributed by atoms with van der Waals surface area (Å²) in [5.74, 6) is 1.76. The summed E-state index contributed by atoms with van der Waals surface area (Å²) in [6.07, 6.45) is 4.19. The topological polar surface area (TPSA) is 76.2 Å². The Bertz CT molecular complexity index is 744. The monoisotopic (exact) mass is 343 g/mol. The summed E-state index contributed by atoms with van der Waals surface area (Å²) >= 11 is 0. The van der Waals surface area contributed by atoms with Crippen LogP contribution in [0.3, 0.4) is 0 Å². The predicted molar refractivity (Wildman–Crippen MR) is 93.4 cm³/mol. The van der Waals surface area contributed by atoms with Crippen LogP contribution in [0.1, 0.15) is 54.9 Å². The first-order valence-corrected chi connectivity index (χ1v) is 9.31. The van der Waals surface area contributed by atoms with Crippen LogP contribution in [0, 0.1) is 0 Å². The van der Waals surface area contributed by atoms with E-state index in [2.05, 4.69) is 22.4 Å². The summed E-state index contributed by atoms with van der Waals surface area (Å²) in [4.78, 5) is 19.2. The molecule has 1 fully saturated rings. The van der Waals surface area contributed by atoms with Gasteiger partial charge in [0.05, 0.1) is 5.69 Å². The number of carbonyl (C=O) groups excluding carboxylic acids is 1. The van der Waals surface area contributed by atoms with Gasteiger partial charge in [-0.25, -0.2) is 0 Å². The number of carbonyl (C=O) groups is 1. The number of piperidine rings is 1. The summed E-state index contributed by atoms with van der Waals surface area (Å²) < 4.78 is 7.55. The SMILES string of the molecule is CCCCN1CCn2c(ccc2-c2noc(C3CCNCC3)n2)C1=O. The zero-order valence-electron chi connectivity index (χ0n) is 14.7. The summed E-state index contributed by atoms with van der Waals surface area (Å²) in [6, 6.07) is 3.82. The van der Waals surface area contributed by atoms with Gasteiger partial charge in [-0.05, 0) is 44.5 Å². The van der Waals surface area contributed by atoms with Gasteiger partial charge in [0.15, 0.2) is 0 Å². The number of rotatable bonds is 5. The minimum absolute atomic E-state index is 0.105. The van der Waals surface area contributed by atoms with E-state index >= 15 is 0 Å². The van der Waals surface area contributed by atoms with Gasteiger partial charge in [0.1, 0.15) is 5.69 Å². The van der Waals surface area contributed by atoms with Crippen molar-refractivity contribution in [3.05, 3.63) is 23.7 Å². The molecule has 0 radical (unpaired) electrons. The first-order valence-electron chi connectivity index (χ1n) is 9.31. The smallest absolute Gasteiger partial charge is 0.270 e. The molecule has 134 valence electrons. The normalized spacial score (nSPS) is 18.6. The minimum atomic E-state index is 0.105. The molecule has 0 bridgehead atoms. The molecule has 4 heterocycles. The highest BCUT2D eigenvalue weighted by Gasteiger charge is 2.28. The summed E-state index contributed by atoms with van der Waals surface area (Å²) in [6.45, 7) is 6.48. The van der Waals surface area contributed by atoms with Crippen molar-refractivity contribution in [3.63, 3.8) is 0 Å². The second-order valence-electron chi connectivity index (χ2n) is 6.88. The Labute approximate surface area is 147 Å². The number of nitrogens with zero attached hydrogens (tertiary/aromatic N) is 4. The number of fused-ring (bicyclic) bond motifs is 1. The summed E-state index contributed by atoms with van der Waals surface area (Å²) in [7, 11) is 0. The van der Waals surface area contributed by atoms with Crippen LogP contribution in [0.5, 0.6) is 0 Å². The lowest BCUT2D eigenvalue weighted by molar-refractivity contribution is 0.0703. The first kappa shape index (κ1) is 16.3. The van der Waals surface area contributed by atoms with Gasteiger partial charge >= 0.3 is 0 Å². The maximum absolute atomic E-state index is 12.7. The second kappa shape index (κ2) is 7.00. The van der Waals surface area contributed by atoms with E-state index in [9.17, 15) is 4.79 Å². The van der Waals surface area contributed by atoms with E-state index in [1.165, 1.54) is 0 Å². The maximum Gasteiger partial charge on any atom is 0.270 e. The first-order chi connectivity index (χ1) is 12.3. The third-order valence-electron chi connectivity index (χ3n) is 5.22. The average molecular weight is 343 g/mol. The number of hydrogen-bond acceptors (Lipinski definition) is 5. The number of hydrogen-bond donors (Lipinski definition) is 1. The number of unbranched alkanes of at least 4 members (excludes halogenated alkanes) is 1. The van der Waals surface area contributed by atoms with Crippen molar-refractivity contribution in [2.24, 2.45) is 0 Å². The van der Waals surface area contributed by atoms with Crippen molar-refractivity contribution in [1.29, 1.82) is 0 Å². The van der Waals surface area contributed by atoms with Crippen LogP contribution in [0.4, 0.5) is 0 Å². The van der Waals surface area contributed by atoms with Crippen LogP contribution in [0.25, 0.3) is 11.5 Å². The molecule has 0 aliphatic carbocycles. The van der Waals surface area contributed by atoms with Crippen molar-refractivity contribution in [2.45, 2.75) is 45.1 Å². The molecule has 2 aromatic heterocycles. The van der Waals surface area contributed by atoms with E-state index in [1.807, 2.05) is 21.6 Å². The molecule has 25 heavy (non-hydrogen) atoms. The molecule has 7 nitrogen and oxygen atoms in total. The van der Waals surface area contributed by atoms with Crippen LogP contribution in [0.2, 0.25) is 0 Å². The molecule has 1 saturated heterocycles.